The largest absolute Gasteiger partial charge is 0.385 e. The van der Waals surface area contributed by atoms with Gasteiger partial charge in [0.05, 0.1) is 0 Å². The van der Waals surface area contributed by atoms with E-state index in [1.807, 2.05) is 6.20 Å². The van der Waals surface area contributed by atoms with E-state index < -0.39 is 0 Å². The Kier molecular flexibility index (Phi) is 3.05. The third-order valence-electron chi connectivity index (χ3n) is 3.61. The van der Waals surface area contributed by atoms with Crippen LogP contribution in [-0.2, 0) is 19.4 Å². The molecule has 0 radical (unpaired) electrons. The molecule has 1 N–H and O–H groups in total. The summed E-state index contributed by atoms with van der Waals surface area (Å²) in [5.74, 6) is 1.15. The molecule has 3 heteroatoms. The Morgan fingerprint density at radius 3 is 3.22 bits per heavy atom. The summed E-state index contributed by atoms with van der Waals surface area (Å²) in [7, 11) is 0. The molecule has 0 spiro atoms. The first-order valence-corrected chi connectivity index (χ1v) is 6.72. The van der Waals surface area contributed by atoms with Crippen LogP contribution in [-0.4, -0.2) is 16.1 Å². The van der Waals surface area contributed by atoms with Gasteiger partial charge in [0.15, 0.2) is 0 Å². The minimum atomic E-state index is 0.925. The van der Waals surface area contributed by atoms with Crippen LogP contribution in [0.5, 0.6) is 0 Å². The maximum atomic E-state index is 4.44. The minimum absolute atomic E-state index is 0.925. The molecule has 0 saturated carbocycles. The predicted molar refractivity (Wildman–Crippen MR) is 74.0 cm³/mol. The molecule has 0 atom stereocenters. The van der Waals surface area contributed by atoms with Gasteiger partial charge in [0.1, 0.15) is 5.82 Å². The zero-order valence-corrected chi connectivity index (χ0v) is 10.8. The van der Waals surface area contributed by atoms with E-state index in [4.69, 9.17) is 0 Å². The predicted octanol–water partition coefficient (Wildman–Crippen LogP) is 2.85. The van der Waals surface area contributed by atoms with E-state index in [2.05, 4.69) is 46.2 Å². The summed E-state index contributed by atoms with van der Waals surface area (Å²) in [6.45, 7) is 4.25. The van der Waals surface area contributed by atoms with E-state index in [1.165, 1.54) is 29.7 Å². The lowest BCUT2D eigenvalue weighted by Gasteiger charge is -2.18. The second-order valence-corrected chi connectivity index (χ2v) is 4.83. The van der Waals surface area contributed by atoms with Crippen molar-refractivity contribution >= 4 is 5.69 Å². The Morgan fingerprint density at radius 2 is 2.33 bits per heavy atom. The van der Waals surface area contributed by atoms with Crippen molar-refractivity contribution in [3.8, 4) is 0 Å². The van der Waals surface area contributed by atoms with Gasteiger partial charge in [-0.1, -0.05) is 12.1 Å². The number of imidazole rings is 1. The van der Waals surface area contributed by atoms with E-state index in [0.717, 1.165) is 25.3 Å². The van der Waals surface area contributed by atoms with Crippen LogP contribution >= 0.6 is 0 Å². The normalized spacial score (nSPS) is 14.1. The number of anilines is 1. The topological polar surface area (TPSA) is 29.9 Å². The van der Waals surface area contributed by atoms with Crippen molar-refractivity contribution in [3.05, 3.63) is 47.5 Å². The highest BCUT2D eigenvalue weighted by molar-refractivity contribution is 5.54. The number of hydrogen-bond acceptors (Lipinski definition) is 2. The number of aryl methyl sites for hydroxylation is 2. The van der Waals surface area contributed by atoms with Crippen LogP contribution in [0.15, 0.2) is 30.6 Å². The maximum Gasteiger partial charge on any atom is 0.113 e. The van der Waals surface area contributed by atoms with Gasteiger partial charge in [0, 0.05) is 37.6 Å². The number of rotatable bonds is 3. The van der Waals surface area contributed by atoms with E-state index in [0.29, 0.717) is 0 Å². The van der Waals surface area contributed by atoms with Crippen molar-refractivity contribution in [2.24, 2.45) is 0 Å². The van der Waals surface area contributed by atoms with Crippen molar-refractivity contribution < 1.29 is 0 Å². The molecule has 2 aromatic rings. The lowest BCUT2D eigenvalue weighted by atomic mass is 9.99. The maximum absolute atomic E-state index is 4.44. The molecular weight excluding hydrogens is 222 g/mol. The molecule has 0 aliphatic carbocycles. The highest BCUT2D eigenvalue weighted by Crippen LogP contribution is 2.23. The molecule has 3 rings (SSSR count). The lowest BCUT2D eigenvalue weighted by Crippen LogP contribution is -2.12. The van der Waals surface area contributed by atoms with Gasteiger partial charge in [-0.05, 0) is 37.0 Å². The quantitative estimate of drug-likeness (QED) is 0.895. The Labute approximate surface area is 108 Å². The molecule has 0 unspecified atom stereocenters. The van der Waals surface area contributed by atoms with Crippen molar-refractivity contribution in [1.29, 1.82) is 0 Å². The average molecular weight is 241 g/mol. The first kappa shape index (κ1) is 11.3. The standard InChI is InChI=1S/C15H19N3/c1-2-18-9-8-17-15(18)11-12-5-6-14-13(10-12)4-3-7-16-14/h5-6,8-10,16H,2-4,7,11H2,1H3. The molecule has 18 heavy (non-hydrogen) atoms. The van der Waals surface area contributed by atoms with Gasteiger partial charge in [-0.3, -0.25) is 0 Å². The smallest absolute Gasteiger partial charge is 0.113 e. The molecule has 0 saturated heterocycles. The molecule has 3 nitrogen and oxygen atoms in total. The van der Waals surface area contributed by atoms with Crippen LogP contribution in [0.25, 0.3) is 0 Å². The van der Waals surface area contributed by atoms with Crippen LogP contribution < -0.4 is 5.32 Å². The van der Waals surface area contributed by atoms with Crippen molar-refractivity contribution in [2.45, 2.75) is 32.7 Å². The molecule has 0 amide bonds. The molecule has 1 aromatic carbocycles. The molecule has 94 valence electrons. The number of benzene rings is 1. The number of nitrogens with one attached hydrogen (secondary N) is 1. The summed E-state index contributed by atoms with van der Waals surface area (Å²) in [4.78, 5) is 4.44. The fourth-order valence-electron chi connectivity index (χ4n) is 2.62. The van der Waals surface area contributed by atoms with Crippen molar-refractivity contribution in [2.75, 3.05) is 11.9 Å². The van der Waals surface area contributed by atoms with E-state index >= 15 is 0 Å². The summed E-state index contributed by atoms with van der Waals surface area (Å²) in [6, 6.07) is 6.76. The Balaban J connectivity index is 1.85. The fraction of sp³-hybridized carbons (Fsp3) is 0.400. The van der Waals surface area contributed by atoms with Crippen molar-refractivity contribution in [3.63, 3.8) is 0 Å². The van der Waals surface area contributed by atoms with Gasteiger partial charge in [-0.25, -0.2) is 4.98 Å². The molecule has 1 aromatic heterocycles. The molecule has 2 heterocycles. The zero-order chi connectivity index (χ0) is 12.4. The van der Waals surface area contributed by atoms with Crippen molar-refractivity contribution in [1.82, 2.24) is 9.55 Å². The van der Waals surface area contributed by atoms with Gasteiger partial charge in [-0.2, -0.15) is 0 Å². The van der Waals surface area contributed by atoms with Crippen LogP contribution in [0.4, 0.5) is 5.69 Å². The Bertz CT molecular complexity index is 542. The first-order valence-electron chi connectivity index (χ1n) is 6.72. The number of hydrogen-bond donors (Lipinski definition) is 1. The van der Waals surface area contributed by atoms with Crippen LogP contribution in [0.2, 0.25) is 0 Å². The van der Waals surface area contributed by atoms with Gasteiger partial charge < -0.3 is 9.88 Å². The minimum Gasteiger partial charge on any atom is -0.385 e. The average Bonchev–Trinajstić information content (AvgIpc) is 2.86. The summed E-state index contributed by atoms with van der Waals surface area (Å²) in [5.41, 5.74) is 4.12. The summed E-state index contributed by atoms with van der Waals surface area (Å²) >= 11 is 0. The second-order valence-electron chi connectivity index (χ2n) is 4.83. The summed E-state index contributed by atoms with van der Waals surface area (Å²) in [5, 5.41) is 3.45. The van der Waals surface area contributed by atoms with Gasteiger partial charge in [0.2, 0.25) is 0 Å². The Hall–Kier alpha value is -1.77. The highest BCUT2D eigenvalue weighted by Gasteiger charge is 2.10. The fourth-order valence-corrected chi connectivity index (χ4v) is 2.62. The summed E-state index contributed by atoms with van der Waals surface area (Å²) in [6.07, 6.45) is 7.29. The molecule has 1 aliphatic rings. The van der Waals surface area contributed by atoms with Gasteiger partial charge >= 0.3 is 0 Å². The van der Waals surface area contributed by atoms with E-state index in [1.54, 1.807) is 0 Å². The third kappa shape index (κ3) is 2.13. The van der Waals surface area contributed by atoms with E-state index in [-0.39, 0.29) is 0 Å². The molecule has 0 bridgehead atoms. The number of nitrogens with zero attached hydrogens (tertiary/aromatic N) is 2. The van der Waals surface area contributed by atoms with Gasteiger partial charge in [-0.15, -0.1) is 0 Å². The molecule has 0 fully saturated rings. The first-order chi connectivity index (χ1) is 8.86. The molecular formula is C15H19N3. The highest BCUT2D eigenvalue weighted by atomic mass is 15.0. The Morgan fingerprint density at radius 1 is 1.39 bits per heavy atom. The van der Waals surface area contributed by atoms with Crippen LogP contribution in [0, 0.1) is 0 Å². The third-order valence-corrected chi connectivity index (χ3v) is 3.61. The SMILES string of the molecule is CCn1ccnc1Cc1ccc2c(c1)CCCN2. The van der Waals surface area contributed by atoms with E-state index in [9.17, 15) is 0 Å². The molecule has 1 aliphatic heterocycles. The van der Waals surface area contributed by atoms with Crippen LogP contribution in [0.3, 0.4) is 0 Å². The second kappa shape index (κ2) is 4.84. The lowest BCUT2D eigenvalue weighted by molar-refractivity contribution is 0.712. The van der Waals surface area contributed by atoms with Crippen LogP contribution in [0.1, 0.15) is 30.3 Å². The van der Waals surface area contributed by atoms with Gasteiger partial charge in [0.25, 0.3) is 0 Å². The zero-order valence-electron chi connectivity index (χ0n) is 10.8. The monoisotopic (exact) mass is 241 g/mol. The summed E-state index contributed by atoms with van der Waals surface area (Å²) < 4.78 is 2.21. The number of fused-ring (bicyclic) bond motifs is 1. The number of aromatic nitrogens is 2.